The number of nitrogens with one attached hydrogen (secondary N) is 1. The summed E-state index contributed by atoms with van der Waals surface area (Å²) in [6, 6.07) is 9.50. The second-order valence-corrected chi connectivity index (χ2v) is 6.04. The van der Waals surface area contributed by atoms with E-state index < -0.39 is 0 Å². The molecule has 0 saturated heterocycles. The van der Waals surface area contributed by atoms with E-state index in [9.17, 15) is 4.79 Å². The Morgan fingerprint density at radius 1 is 1.33 bits per heavy atom. The standard InChI is InChI=1S/C17H17N3O3S/c1-22-14-7-5-12(6-8-14)15-11-13(20-23-15)3-2-4-16(21)19-17-18-9-10-24-17/h5-11H,2-4H2,1H3,(H,18,19,21). The number of hydrogen-bond donors (Lipinski definition) is 1. The van der Waals surface area contributed by atoms with Crippen molar-refractivity contribution in [3.63, 3.8) is 0 Å². The number of ether oxygens (including phenoxy) is 1. The molecule has 1 aromatic carbocycles. The number of amides is 1. The van der Waals surface area contributed by atoms with E-state index in [4.69, 9.17) is 9.26 Å². The van der Waals surface area contributed by atoms with Crippen molar-refractivity contribution in [1.29, 1.82) is 0 Å². The van der Waals surface area contributed by atoms with Gasteiger partial charge in [0.05, 0.1) is 12.8 Å². The predicted molar refractivity (Wildman–Crippen MR) is 92.2 cm³/mol. The van der Waals surface area contributed by atoms with Crippen LogP contribution in [0.2, 0.25) is 0 Å². The maximum absolute atomic E-state index is 11.8. The Morgan fingerprint density at radius 2 is 2.17 bits per heavy atom. The lowest BCUT2D eigenvalue weighted by atomic mass is 10.1. The molecular weight excluding hydrogens is 326 g/mol. The molecule has 0 radical (unpaired) electrons. The molecule has 2 aromatic heterocycles. The first-order valence-corrected chi connectivity index (χ1v) is 8.42. The van der Waals surface area contributed by atoms with E-state index >= 15 is 0 Å². The van der Waals surface area contributed by atoms with Crippen molar-refractivity contribution in [3.8, 4) is 17.1 Å². The van der Waals surface area contributed by atoms with Gasteiger partial charge in [0.1, 0.15) is 5.75 Å². The largest absolute Gasteiger partial charge is 0.497 e. The molecule has 0 saturated carbocycles. The van der Waals surface area contributed by atoms with E-state index in [1.54, 1.807) is 13.3 Å². The quantitative estimate of drug-likeness (QED) is 0.706. The molecule has 0 atom stereocenters. The smallest absolute Gasteiger partial charge is 0.226 e. The number of nitrogens with zero attached hydrogens (tertiary/aromatic N) is 2. The van der Waals surface area contributed by atoms with Crippen molar-refractivity contribution in [1.82, 2.24) is 10.1 Å². The molecule has 3 aromatic rings. The summed E-state index contributed by atoms with van der Waals surface area (Å²) >= 11 is 1.41. The zero-order valence-electron chi connectivity index (χ0n) is 13.2. The van der Waals surface area contributed by atoms with Crippen LogP contribution in [0.4, 0.5) is 5.13 Å². The van der Waals surface area contributed by atoms with E-state index in [-0.39, 0.29) is 5.91 Å². The topological polar surface area (TPSA) is 77.2 Å². The zero-order chi connectivity index (χ0) is 16.8. The van der Waals surface area contributed by atoms with Gasteiger partial charge >= 0.3 is 0 Å². The number of rotatable bonds is 7. The van der Waals surface area contributed by atoms with E-state index in [1.165, 1.54) is 11.3 Å². The van der Waals surface area contributed by atoms with E-state index in [1.807, 2.05) is 35.7 Å². The Hall–Kier alpha value is -2.67. The molecule has 3 rings (SSSR count). The Morgan fingerprint density at radius 3 is 2.88 bits per heavy atom. The highest BCUT2D eigenvalue weighted by atomic mass is 32.1. The molecule has 1 amide bonds. The summed E-state index contributed by atoms with van der Waals surface area (Å²) in [5.74, 6) is 1.47. The molecule has 0 aliphatic rings. The third kappa shape index (κ3) is 4.20. The Bertz CT molecular complexity index is 782. The third-order valence-corrected chi connectivity index (χ3v) is 4.14. The summed E-state index contributed by atoms with van der Waals surface area (Å²) in [5.41, 5.74) is 1.78. The van der Waals surface area contributed by atoms with Crippen LogP contribution in [0, 0.1) is 0 Å². The molecule has 24 heavy (non-hydrogen) atoms. The fraction of sp³-hybridized carbons (Fsp3) is 0.235. The van der Waals surface area contributed by atoms with Crippen LogP contribution in [0.1, 0.15) is 18.5 Å². The Balaban J connectivity index is 1.49. The highest BCUT2D eigenvalue weighted by molar-refractivity contribution is 7.13. The SMILES string of the molecule is COc1ccc(-c2cc(CCCC(=O)Nc3nccs3)no2)cc1. The van der Waals surface area contributed by atoms with Gasteiger partial charge in [0, 0.05) is 29.6 Å². The van der Waals surface area contributed by atoms with Gasteiger partial charge in [-0.25, -0.2) is 4.98 Å². The van der Waals surface area contributed by atoms with Crippen LogP contribution in [0.15, 0.2) is 46.4 Å². The summed E-state index contributed by atoms with van der Waals surface area (Å²) in [5, 5.41) is 9.28. The molecule has 0 bridgehead atoms. The first-order valence-electron chi connectivity index (χ1n) is 7.54. The lowest BCUT2D eigenvalue weighted by Gasteiger charge is -2.00. The number of aromatic nitrogens is 2. The van der Waals surface area contributed by atoms with Crippen LogP contribution in [-0.4, -0.2) is 23.2 Å². The molecule has 0 fully saturated rings. The highest BCUT2D eigenvalue weighted by Crippen LogP contribution is 2.23. The number of methoxy groups -OCH3 is 1. The molecule has 7 heteroatoms. The molecule has 0 aliphatic carbocycles. The van der Waals surface area contributed by atoms with Gasteiger partial charge in [0.15, 0.2) is 10.9 Å². The van der Waals surface area contributed by atoms with Gasteiger partial charge in [0.25, 0.3) is 0 Å². The average molecular weight is 343 g/mol. The van der Waals surface area contributed by atoms with Crippen LogP contribution in [0.3, 0.4) is 0 Å². The van der Waals surface area contributed by atoms with E-state index in [2.05, 4.69) is 15.5 Å². The van der Waals surface area contributed by atoms with Crippen molar-refractivity contribution in [2.45, 2.75) is 19.3 Å². The fourth-order valence-corrected chi connectivity index (χ4v) is 2.76. The minimum atomic E-state index is -0.0381. The van der Waals surface area contributed by atoms with Crippen molar-refractivity contribution < 1.29 is 14.1 Å². The van der Waals surface area contributed by atoms with Gasteiger partial charge in [-0.05, 0) is 37.1 Å². The van der Waals surface area contributed by atoms with Crippen LogP contribution in [0.5, 0.6) is 5.75 Å². The minimum absolute atomic E-state index is 0.0381. The lowest BCUT2D eigenvalue weighted by molar-refractivity contribution is -0.116. The molecule has 124 valence electrons. The van der Waals surface area contributed by atoms with Gasteiger partial charge in [-0.1, -0.05) is 5.16 Å². The fourth-order valence-electron chi connectivity index (χ4n) is 2.22. The molecule has 0 aliphatic heterocycles. The number of aryl methyl sites for hydroxylation is 1. The number of anilines is 1. The molecule has 0 spiro atoms. The number of carbonyl (C=O) groups excluding carboxylic acids is 1. The van der Waals surface area contributed by atoms with Crippen molar-refractivity contribution >= 4 is 22.4 Å². The van der Waals surface area contributed by atoms with Crippen molar-refractivity contribution in [2.75, 3.05) is 12.4 Å². The van der Waals surface area contributed by atoms with E-state index in [0.717, 1.165) is 17.0 Å². The summed E-state index contributed by atoms with van der Waals surface area (Å²) in [4.78, 5) is 15.8. The van der Waals surface area contributed by atoms with Crippen molar-refractivity contribution in [3.05, 3.63) is 47.6 Å². The average Bonchev–Trinajstić information content (AvgIpc) is 3.27. The summed E-state index contributed by atoms with van der Waals surface area (Å²) in [6.07, 6.45) is 3.47. The summed E-state index contributed by atoms with van der Waals surface area (Å²) in [6.45, 7) is 0. The van der Waals surface area contributed by atoms with Gasteiger partial charge in [-0.3, -0.25) is 4.79 Å². The van der Waals surface area contributed by atoms with Crippen LogP contribution < -0.4 is 10.1 Å². The number of benzene rings is 1. The second-order valence-electron chi connectivity index (χ2n) is 5.15. The third-order valence-electron chi connectivity index (χ3n) is 3.45. The molecule has 0 unspecified atom stereocenters. The highest BCUT2D eigenvalue weighted by Gasteiger charge is 2.09. The number of thiazole rings is 1. The Labute approximate surface area is 143 Å². The molecule has 2 heterocycles. The summed E-state index contributed by atoms with van der Waals surface area (Å²) < 4.78 is 10.5. The minimum Gasteiger partial charge on any atom is -0.497 e. The van der Waals surface area contributed by atoms with Gasteiger partial charge in [-0.2, -0.15) is 0 Å². The van der Waals surface area contributed by atoms with Gasteiger partial charge in [-0.15, -0.1) is 11.3 Å². The Kier molecular flexibility index (Phi) is 5.22. The predicted octanol–water partition coefficient (Wildman–Crippen LogP) is 3.77. The monoisotopic (exact) mass is 343 g/mol. The van der Waals surface area contributed by atoms with Gasteiger partial charge in [0.2, 0.25) is 5.91 Å². The first kappa shape index (κ1) is 16.2. The second kappa shape index (κ2) is 7.74. The summed E-state index contributed by atoms with van der Waals surface area (Å²) in [7, 11) is 1.63. The molecule has 6 nitrogen and oxygen atoms in total. The van der Waals surface area contributed by atoms with Crippen LogP contribution in [-0.2, 0) is 11.2 Å². The number of carbonyl (C=O) groups is 1. The van der Waals surface area contributed by atoms with Gasteiger partial charge < -0.3 is 14.6 Å². The van der Waals surface area contributed by atoms with Crippen LogP contribution in [0.25, 0.3) is 11.3 Å². The molecular formula is C17H17N3O3S. The zero-order valence-corrected chi connectivity index (χ0v) is 14.0. The maximum Gasteiger partial charge on any atom is 0.226 e. The maximum atomic E-state index is 11.8. The van der Waals surface area contributed by atoms with Crippen LogP contribution >= 0.6 is 11.3 Å². The lowest BCUT2D eigenvalue weighted by Crippen LogP contribution is -2.11. The van der Waals surface area contributed by atoms with E-state index in [0.29, 0.717) is 30.2 Å². The van der Waals surface area contributed by atoms with Crippen molar-refractivity contribution in [2.24, 2.45) is 0 Å². The first-order chi connectivity index (χ1) is 11.7. The number of hydrogen-bond acceptors (Lipinski definition) is 6. The normalized spacial score (nSPS) is 10.5. The molecule has 1 N–H and O–H groups in total.